The highest BCUT2D eigenvalue weighted by atomic mass is 28.3. The van der Waals surface area contributed by atoms with Gasteiger partial charge in [-0.2, -0.15) is 0 Å². The van der Waals surface area contributed by atoms with Crippen LogP contribution in [0.2, 0.25) is 19.6 Å². The molecule has 13 heavy (non-hydrogen) atoms. The van der Waals surface area contributed by atoms with Crippen molar-refractivity contribution >= 4 is 8.07 Å². The zero-order valence-corrected chi connectivity index (χ0v) is 10.1. The maximum absolute atomic E-state index is 3.49. The average molecular weight is 198 g/mol. The third-order valence-corrected chi connectivity index (χ3v) is 4.56. The third-order valence-electron chi connectivity index (χ3n) is 3.16. The van der Waals surface area contributed by atoms with Gasteiger partial charge in [0, 0.05) is 13.1 Å². The molecule has 76 valence electrons. The fraction of sp³-hybridized carbons (Fsp3) is 1.00. The first-order valence-corrected chi connectivity index (χ1v) is 9.18. The van der Waals surface area contributed by atoms with Crippen molar-refractivity contribution < 1.29 is 0 Å². The van der Waals surface area contributed by atoms with E-state index in [0.717, 1.165) is 11.8 Å². The molecule has 0 unspecified atom stereocenters. The molecule has 0 spiro atoms. The molecule has 2 heterocycles. The molecule has 3 heteroatoms. The fourth-order valence-electron chi connectivity index (χ4n) is 2.75. The summed E-state index contributed by atoms with van der Waals surface area (Å²) in [4.78, 5) is 2.71. The smallest absolute Gasteiger partial charge is 0.0599 e. The van der Waals surface area contributed by atoms with Crippen LogP contribution in [0.3, 0.4) is 0 Å². The van der Waals surface area contributed by atoms with E-state index in [-0.39, 0.29) is 0 Å². The van der Waals surface area contributed by atoms with Crippen molar-refractivity contribution in [2.75, 3.05) is 32.3 Å². The summed E-state index contributed by atoms with van der Waals surface area (Å²) in [5.74, 6) is 1.94. The minimum atomic E-state index is -0.865. The van der Waals surface area contributed by atoms with Gasteiger partial charge in [0.2, 0.25) is 0 Å². The van der Waals surface area contributed by atoms with Crippen LogP contribution in [-0.2, 0) is 0 Å². The lowest BCUT2D eigenvalue weighted by Crippen LogP contribution is -2.40. The fourth-order valence-corrected chi connectivity index (χ4v) is 4.35. The van der Waals surface area contributed by atoms with Crippen molar-refractivity contribution in [2.24, 2.45) is 11.8 Å². The van der Waals surface area contributed by atoms with E-state index < -0.39 is 8.07 Å². The van der Waals surface area contributed by atoms with E-state index in [1.165, 1.54) is 32.3 Å². The Balaban J connectivity index is 1.85. The molecule has 2 aliphatic rings. The molecule has 2 atom stereocenters. The Labute approximate surface area is 82.7 Å². The lowest BCUT2D eigenvalue weighted by molar-refractivity contribution is 0.357. The van der Waals surface area contributed by atoms with Gasteiger partial charge in [0.05, 0.1) is 8.07 Å². The van der Waals surface area contributed by atoms with E-state index in [1.54, 1.807) is 0 Å². The standard InChI is InChI=1S/C10H22N2Si/c1-13(2,3)8-12-6-9-4-11-5-10(9)7-12/h9-11H,4-8H2,1-3H3/t9-,10+. The Morgan fingerprint density at radius 2 is 1.69 bits per heavy atom. The highest BCUT2D eigenvalue weighted by Crippen LogP contribution is 2.26. The number of nitrogens with zero attached hydrogens (tertiary/aromatic N) is 1. The number of rotatable bonds is 2. The molecule has 0 saturated carbocycles. The first-order valence-electron chi connectivity index (χ1n) is 5.48. The highest BCUT2D eigenvalue weighted by Gasteiger charge is 2.37. The van der Waals surface area contributed by atoms with Crippen LogP contribution in [0.5, 0.6) is 0 Å². The second kappa shape index (κ2) is 3.37. The van der Waals surface area contributed by atoms with E-state index in [0.29, 0.717) is 0 Å². The number of hydrogen-bond donors (Lipinski definition) is 1. The van der Waals surface area contributed by atoms with Gasteiger partial charge in [0.25, 0.3) is 0 Å². The van der Waals surface area contributed by atoms with E-state index >= 15 is 0 Å². The quantitative estimate of drug-likeness (QED) is 0.666. The molecule has 0 aromatic rings. The molecule has 2 nitrogen and oxygen atoms in total. The summed E-state index contributed by atoms with van der Waals surface area (Å²) >= 11 is 0. The Kier molecular flexibility index (Phi) is 2.51. The summed E-state index contributed by atoms with van der Waals surface area (Å²) < 4.78 is 0. The van der Waals surface area contributed by atoms with Crippen molar-refractivity contribution in [1.29, 1.82) is 0 Å². The van der Waals surface area contributed by atoms with Crippen molar-refractivity contribution in [3.63, 3.8) is 0 Å². The first-order chi connectivity index (χ1) is 6.04. The molecule has 0 radical (unpaired) electrons. The summed E-state index contributed by atoms with van der Waals surface area (Å²) in [6, 6.07) is 0. The maximum atomic E-state index is 3.49. The van der Waals surface area contributed by atoms with Gasteiger partial charge in [0.15, 0.2) is 0 Å². The molecule has 0 aromatic carbocycles. The third kappa shape index (κ3) is 2.33. The maximum Gasteiger partial charge on any atom is 0.0599 e. The largest absolute Gasteiger partial charge is 0.316 e. The van der Waals surface area contributed by atoms with Crippen LogP contribution in [-0.4, -0.2) is 45.3 Å². The zero-order valence-electron chi connectivity index (χ0n) is 9.14. The monoisotopic (exact) mass is 198 g/mol. The van der Waals surface area contributed by atoms with Crippen molar-refractivity contribution in [3.8, 4) is 0 Å². The Bertz CT molecular complexity index is 176. The Morgan fingerprint density at radius 3 is 2.15 bits per heavy atom. The van der Waals surface area contributed by atoms with E-state index in [4.69, 9.17) is 0 Å². The summed E-state index contributed by atoms with van der Waals surface area (Å²) in [5, 5.41) is 3.49. The number of likely N-dealkylation sites (tertiary alicyclic amines) is 1. The van der Waals surface area contributed by atoms with Crippen LogP contribution in [0, 0.1) is 11.8 Å². The van der Waals surface area contributed by atoms with E-state index in [1.807, 2.05) is 0 Å². The second-order valence-corrected chi connectivity index (χ2v) is 11.4. The summed E-state index contributed by atoms with van der Waals surface area (Å²) in [5.41, 5.74) is 0. The number of hydrogen-bond acceptors (Lipinski definition) is 2. The predicted molar refractivity (Wildman–Crippen MR) is 59.6 cm³/mol. The topological polar surface area (TPSA) is 15.3 Å². The van der Waals surface area contributed by atoms with Gasteiger partial charge in [-0.1, -0.05) is 19.6 Å². The molecule has 2 rings (SSSR count). The molecule has 0 bridgehead atoms. The van der Waals surface area contributed by atoms with E-state index in [2.05, 4.69) is 29.9 Å². The van der Waals surface area contributed by atoms with Crippen LogP contribution in [0.1, 0.15) is 0 Å². The van der Waals surface area contributed by atoms with Gasteiger partial charge < -0.3 is 10.2 Å². The summed E-state index contributed by atoms with van der Waals surface area (Å²) in [6.45, 7) is 12.7. The molecule has 2 aliphatic heterocycles. The molecular weight excluding hydrogens is 176 g/mol. The molecule has 0 aliphatic carbocycles. The normalized spacial score (nSPS) is 35.3. The molecule has 2 fully saturated rings. The molecule has 2 saturated heterocycles. The molecule has 0 amide bonds. The lowest BCUT2D eigenvalue weighted by atomic mass is 10.0. The zero-order chi connectivity index (χ0) is 9.47. The molecule has 0 aromatic heterocycles. The lowest BCUT2D eigenvalue weighted by Gasteiger charge is -2.25. The molecular formula is C10H22N2Si. The van der Waals surface area contributed by atoms with Crippen LogP contribution >= 0.6 is 0 Å². The minimum absolute atomic E-state index is 0.865. The Hall–Kier alpha value is 0.137. The highest BCUT2D eigenvalue weighted by molar-refractivity contribution is 6.76. The molecule has 1 N–H and O–H groups in total. The first kappa shape index (κ1) is 9.68. The van der Waals surface area contributed by atoms with Crippen LogP contribution < -0.4 is 5.32 Å². The van der Waals surface area contributed by atoms with Crippen molar-refractivity contribution in [1.82, 2.24) is 10.2 Å². The summed E-state index contributed by atoms with van der Waals surface area (Å²) in [7, 11) is -0.865. The van der Waals surface area contributed by atoms with Crippen molar-refractivity contribution in [3.05, 3.63) is 0 Å². The van der Waals surface area contributed by atoms with Gasteiger partial charge in [-0.3, -0.25) is 0 Å². The average Bonchev–Trinajstić information content (AvgIpc) is 2.40. The van der Waals surface area contributed by atoms with Crippen LogP contribution in [0.25, 0.3) is 0 Å². The van der Waals surface area contributed by atoms with Gasteiger partial charge in [-0.25, -0.2) is 0 Å². The van der Waals surface area contributed by atoms with Gasteiger partial charge >= 0.3 is 0 Å². The van der Waals surface area contributed by atoms with Gasteiger partial charge in [-0.15, -0.1) is 0 Å². The van der Waals surface area contributed by atoms with E-state index in [9.17, 15) is 0 Å². The minimum Gasteiger partial charge on any atom is -0.316 e. The summed E-state index contributed by atoms with van der Waals surface area (Å²) in [6.07, 6.45) is 1.40. The number of fused-ring (bicyclic) bond motifs is 1. The Morgan fingerprint density at radius 1 is 1.15 bits per heavy atom. The SMILES string of the molecule is C[Si](C)(C)CN1C[C@H]2CNC[C@H]2C1. The predicted octanol–water partition coefficient (Wildman–Crippen LogP) is 1.01. The van der Waals surface area contributed by atoms with Crippen LogP contribution in [0.4, 0.5) is 0 Å². The van der Waals surface area contributed by atoms with Crippen molar-refractivity contribution in [2.45, 2.75) is 19.6 Å². The number of nitrogens with one attached hydrogen (secondary N) is 1. The van der Waals surface area contributed by atoms with Gasteiger partial charge in [-0.05, 0) is 31.1 Å². The second-order valence-electron chi connectivity index (χ2n) is 5.93. The van der Waals surface area contributed by atoms with Crippen LogP contribution in [0.15, 0.2) is 0 Å². The van der Waals surface area contributed by atoms with Gasteiger partial charge in [0.1, 0.15) is 0 Å².